The molecule has 4 aromatic rings. The summed E-state index contributed by atoms with van der Waals surface area (Å²) in [5, 5.41) is 11.9. The van der Waals surface area contributed by atoms with E-state index in [2.05, 4.69) is 15.0 Å². The average Bonchev–Trinajstić information content (AvgIpc) is 3.26. The Morgan fingerprint density at radius 1 is 1.16 bits per heavy atom. The Hall–Kier alpha value is -4.27. The van der Waals surface area contributed by atoms with Gasteiger partial charge in [0, 0.05) is 33.7 Å². The van der Waals surface area contributed by atoms with E-state index in [1.807, 2.05) is 30.5 Å². The summed E-state index contributed by atoms with van der Waals surface area (Å²) in [6.45, 7) is 6.90. The third kappa shape index (κ3) is 6.47. The lowest BCUT2D eigenvalue weighted by Crippen LogP contribution is -2.40. The summed E-state index contributed by atoms with van der Waals surface area (Å²) < 4.78 is 7.29. The van der Waals surface area contributed by atoms with Crippen LogP contribution in [0.3, 0.4) is 0 Å². The SMILES string of the molecule is CSc1ccc([C@H]2C(C(=O)OC(C)C)=C(C)N=c3s/c(=C\c4cc([N+](=O)[O-])ccc4Sc4nc(C)cc(=O)[nH]4)c(=O)n32)cc1. The molecule has 44 heavy (non-hydrogen) atoms. The van der Waals surface area contributed by atoms with Gasteiger partial charge in [0.1, 0.15) is 0 Å². The number of carbonyl (C=O) groups excluding carboxylic acids is 1. The highest BCUT2D eigenvalue weighted by Crippen LogP contribution is 2.33. The van der Waals surface area contributed by atoms with Crippen molar-refractivity contribution in [3.63, 3.8) is 0 Å². The predicted molar refractivity (Wildman–Crippen MR) is 170 cm³/mol. The topological polar surface area (TPSA) is 150 Å². The van der Waals surface area contributed by atoms with Gasteiger partial charge >= 0.3 is 5.97 Å². The van der Waals surface area contributed by atoms with Crippen LogP contribution in [0, 0.1) is 17.0 Å². The number of nitrogens with zero attached hydrogens (tertiary/aromatic N) is 4. The highest BCUT2D eigenvalue weighted by Gasteiger charge is 2.33. The largest absolute Gasteiger partial charge is 0.459 e. The second kappa shape index (κ2) is 12.8. The van der Waals surface area contributed by atoms with E-state index in [0.29, 0.717) is 37.4 Å². The van der Waals surface area contributed by atoms with Gasteiger partial charge < -0.3 is 9.72 Å². The number of ether oxygens (including phenoxy) is 1. The van der Waals surface area contributed by atoms with Crippen molar-refractivity contribution in [2.75, 3.05) is 6.26 Å². The number of nitro groups is 1. The van der Waals surface area contributed by atoms with E-state index in [-0.39, 0.29) is 27.5 Å². The molecule has 0 aliphatic carbocycles. The van der Waals surface area contributed by atoms with Crippen molar-refractivity contribution in [3.8, 4) is 0 Å². The van der Waals surface area contributed by atoms with Gasteiger partial charge in [0.25, 0.3) is 16.8 Å². The Kier molecular flexibility index (Phi) is 9.04. The van der Waals surface area contributed by atoms with Crippen molar-refractivity contribution in [1.82, 2.24) is 14.5 Å². The zero-order chi connectivity index (χ0) is 31.7. The Morgan fingerprint density at radius 3 is 2.52 bits per heavy atom. The van der Waals surface area contributed by atoms with Crippen molar-refractivity contribution in [2.45, 2.75) is 54.8 Å². The summed E-state index contributed by atoms with van der Waals surface area (Å²) in [6, 6.07) is 12.4. The predicted octanol–water partition coefficient (Wildman–Crippen LogP) is 4.36. The van der Waals surface area contributed by atoms with E-state index in [9.17, 15) is 24.5 Å². The van der Waals surface area contributed by atoms with Crippen LogP contribution in [0.2, 0.25) is 0 Å². The van der Waals surface area contributed by atoms with E-state index < -0.39 is 22.5 Å². The number of hydrogen-bond donors (Lipinski definition) is 1. The van der Waals surface area contributed by atoms with Crippen LogP contribution in [0.15, 0.2) is 89.3 Å². The van der Waals surface area contributed by atoms with Gasteiger partial charge in [-0.1, -0.05) is 35.2 Å². The van der Waals surface area contributed by atoms with Crippen LogP contribution >= 0.6 is 34.9 Å². The zero-order valence-electron chi connectivity index (χ0n) is 24.3. The maximum Gasteiger partial charge on any atom is 0.338 e. The summed E-state index contributed by atoms with van der Waals surface area (Å²) >= 11 is 3.80. The first-order valence-electron chi connectivity index (χ1n) is 13.4. The Bertz CT molecular complexity index is 2060. The Morgan fingerprint density at radius 2 is 1.89 bits per heavy atom. The van der Waals surface area contributed by atoms with Gasteiger partial charge in [-0.3, -0.25) is 24.3 Å². The van der Waals surface area contributed by atoms with Crippen molar-refractivity contribution < 1.29 is 14.5 Å². The van der Waals surface area contributed by atoms with Crippen molar-refractivity contribution in [1.29, 1.82) is 0 Å². The molecule has 1 atom stereocenters. The highest BCUT2D eigenvalue weighted by atomic mass is 32.2. The van der Waals surface area contributed by atoms with Crippen molar-refractivity contribution >= 4 is 52.6 Å². The number of rotatable bonds is 8. The fourth-order valence-corrected chi connectivity index (χ4v) is 7.03. The van der Waals surface area contributed by atoms with Crippen LogP contribution < -0.4 is 20.5 Å². The number of non-ortho nitro benzene ring substituents is 1. The lowest BCUT2D eigenvalue weighted by Gasteiger charge is -2.25. The molecule has 0 fully saturated rings. The van der Waals surface area contributed by atoms with Crippen LogP contribution in [-0.4, -0.2) is 37.8 Å². The molecule has 5 rings (SSSR count). The number of allylic oxidation sites excluding steroid dienone is 1. The van der Waals surface area contributed by atoms with Gasteiger partial charge in [0.05, 0.1) is 32.9 Å². The first-order chi connectivity index (χ1) is 20.9. The van der Waals surface area contributed by atoms with Crippen LogP contribution in [0.1, 0.15) is 43.6 Å². The van der Waals surface area contributed by atoms with Crippen LogP contribution in [-0.2, 0) is 9.53 Å². The standard InChI is InChI=1S/C30H27N5O6S3/c1-15(2)41-28(38)25-17(4)32-30-34(26(25)18-6-9-21(42-5)10-7-18)27(37)23(44-30)14-19-13-20(35(39)40)8-11-22(19)43-29-31-16(3)12-24(36)33-29/h6-15,26H,1-5H3,(H,31,33,36)/b23-14-/t26-/m0/s1. The average molecular weight is 650 g/mol. The number of H-pyrrole nitrogens is 1. The summed E-state index contributed by atoms with van der Waals surface area (Å²) in [5.74, 6) is -0.563. The maximum absolute atomic E-state index is 14.1. The molecule has 0 spiro atoms. The first kappa shape index (κ1) is 31.2. The highest BCUT2D eigenvalue weighted by molar-refractivity contribution is 7.99. The van der Waals surface area contributed by atoms with Gasteiger partial charge in [0.2, 0.25) is 0 Å². The minimum atomic E-state index is -0.795. The van der Waals surface area contributed by atoms with E-state index in [1.54, 1.807) is 51.6 Å². The molecule has 11 nitrogen and oxygen atoms in total. The molecule has 2 aromatic carbocycles. The molecule has 1 N–H and O–H groups in total. The molecule has 226 valence electrons. The second-order valence-corrected chi connectivity index (χ2v) is 13.0. The summed E-state index contributed by atoms with van der Waals surface area (Å²) in [6.07, 6.45) is 3.14. The zero-order valence-corrected chi connectivity index (χ0v) is 26.8. The van der Waals surface area contributed by atoms with Gasteiger partial charge in [-0.2, -0.15) is 0 Å². The minimum absolute atomic E-state index is 0.166. The number of benzene rings is 2. The van der Waals surface area contributed by atoms with Crippen LogP contribution in [0.4, 0.5) is 5.69 Å². The van der Waals surface area contributed by atoms with E-state index in [0.717, 1.165) is 28.0 Å². The normalized spacial score (nSPS) is 14.9. The van der Waals surface area contributed by atoms with Gasteiger partial charge in [-0.15, -0.1) is 11.8 Å². The number of nitro benzene ring substituents is 1. The van der Waals surface area contributed by atoms with Crippen molar-refractivity contribution in [3.05, 3.63) is 117 Å². The number of hydrogen-bond acceptors (Lipinski definition) is 11. The molecule has 3 heterocycles. The Balaban J connectivity index is 1.70. The number of esters is 1. The molecular formula is C30H27N5O6S3. The number of thioether (sulfide) groups is 1. The van der Waals surface area contributed by atoms with E-state index in [1.165, 1.54) is 22.8 Å². The first-order valence-corrected chi connectivity index (χ1v) is 16.2. The summed E-state index contributed by atoms with van der Waals surface area (Å²) in [7, 11) is 0. The summed E-state index contributed by atoms with van der Waals surface area (Å²) in [5.41, 5.74) is 1.39. The van der Waals surface area contributed by atoms with E-state index in [4.69, 9.17) is 4.74 Å². The number of fused-ring (bicyclic) bond motifs is 1. The molecule has 1 aliphatic heterocycles. The Labute approximate surface area is 263 Å². The maximum atomic E-state index is 14.1. The lowest BCUT2D eigenvalue weighted by molar-refractivity contribution is -0.384. The fourth-order valence-electron chi connectivity index (χ4n) is 4.66. The quantitative estimate of drug-likeness (QED) is 0.0966. The molecule has 1 aliphatic rings. The molecule has 0 radical (unpaired) electrons. The third-order valence-corrected chi connectivity index (χ3v) is 9.27. The molecule has 0 saturated heterocycles. The second-order valence-electron chi connectivity index (χ2n) is 10.1. The smallest absolute Gasteiger partial charge is 0.338 e. The van der Waals surface area contributed by atoms with Crippen LogP contribution in [0.5, 0.6) is 0 Å². The van der Waals surface area contributed by atoms with Gasteiger partial charge in [-0.05, 0) is 69.4 Å². The number of aromatic nitrogens is 3. The van der Waals surface area contributed by atoms with Crippen molar-refractivity contribution in [2.24, 2.45) is 4.99 Å². The van der Waals surface area contributed by atoms with Crippen LogP contribution in [0.25, 0.3) is 6.08 Å². The molecule has 0 amide bonds. The number of carbonyl (C=O) groups is 1. The van der Waals surface area contributed by atoms with Gasteiger partial charge in [-0.25, -0.2) is 14.8 Å². The number of nitrogens with one attached hydrogen (secondary N) is 1. The molecular weight excluding hydrogens is 623 g/mol. The monoisotopic (exact) mass is 649 g/mol. The number of aryl methyl sites for hydroxylation is 1. The lowest BCUT2D eigenvalue weighted by atomic mass is 9.96. The summed E-state index contributed by atoms with van der Waals surface area (Å²) in [4.78, 5) is 64.2. The molecule has 0 saturated carbocycles. The van der Waals surface area contributed by atoms with Gasteiger partial charge in [0.15, 0.2) is 9.96 Å². The number of thiazole rings is 1. The molecule has 2 aromatic heterocycles. The molecule has 14 heteroatoms. The third-order valence-electron chi connectivity index (χ3n) is 6.56. The van der Waals surface area contributed by atoms with E-state index >= 15 is 0 Å². The fraction of sp³-hybridized carbons (Fsp3) is 0.233. The number of aromatic amines is 1. The molecule has 0 bridgehead atoms. The molecule has 0 unspecified atom stereocenters. The minimum Gasteiger partial charge on any atom is -0.459 e.